The van der Waals surface area contributed by atoms with Gasteiger partial charge >= 0.3 is 0 Å². The molecule has 0 radical (unpaired) electrons. The van der Waals surface area contributed by atoms with Gasteiger partial charge in [0.25, 0.3) is 5.91 Å². The summed E-state index contributed by atoms with van der Waals surface area (Å²) in [7, 11) is 0. The number of nitrogens with zero attached hydrogens (tertiary/aromatic N) is 4. The first-order valence-electron chi connectivity index (χ1n) is 9.37. The first-order valence-corrected chi connectivity index (χ1v) is 10.2. The summed E-state index contributed by atoms with van der Waals surface area (Å²) in [5, 5.41) is 5.22. The zero-order valence-corrected chi connectivity index (χ0v) is 17.0. The van der Waals surface area contributed by atoms with Crippen molar-refractivity contribution in [2.45, 2.75) is 46.2 Å². The van der Waals surface area contributed by atoms with Crippen LogP contribution in [-0.2, 0) is 0 Å². The third kappa shape index (κ3) is 3.93. The van der Waals surface area contributed by atoms with Crippen LogP contribution in [0, 0.1) is 0 Å². The number of thiophene rings is 1. The highest BCUT2D eigenvalue weighted by molar-refractivity contribution is 7.17. The first-order chi connectivity index (χ1) is 13.1. The highest BCUT2D eigenvalue weighted by Gasteiger charge is 2.31. The van der Waals surface area contributed by atoms with Crippen molar-refractivity contribution in [1.82, 2.24) is 19.9 Å². The average molecular weight is 384 g/mol. The summed E-state index contributed by atoms with van der Waals surface area (Å²) in [6.45, 7) is 8.86. The fraction of sp³-hybridized carbons (Fsp3) is 0.400. The lowest BCUT2D eigenvalue weighted by Crippen LogP contribution is -2.49. The van der Waals surface area contributed by atoms with Crippen molar-refractivity contribution in [3.8, 4) is 0 Å². The molecule has 0 saturated carbocycles. The van der Waals surface area contributed by atoms with Crippen LogP contribution in [0.3, 0.4) is 0 Å². The molecule has 0 bridgehead atoms. The monoisotopic (exact) mass is 383 g/mol. The number of hydrogen-bond donors (Lipinski definition) is 1. The van der Waals surface area contributed by atoms with Gasteiger partial charge in [-0.25, -0.2) is 9.97 Å². The van der Waals surface area contributed by atoms with E-state index in [2.05, 4.69) is 27.2 Å². The van der Waals surface area contributed by atoms with Crippen molar-refractivity contribution in [2.24, 2.45) is 0 Å². The van der Waals surface area contributed by atoms with E-state index >= 15 is 0 Å². The van der Waals surface area contributed by atoms with Crippen molar-refractivity contribution in [1.29, 1.82) is 0 Å². The zero-order valence-electron chi connectivity index (χ0n) is 16.1. The number of aromatic nitrogens is 3. The second-order valence-electron chi connectivity index (χ2n) is 6.29. The Kier molecular flexibility index (Phi) is 6.01. The van der Waals surface area contributed by atoms with Crippen LogP contribution >= 0.6 is 11.3 Å². The van der Waals surface area contributed by atoms with Crippen molar-refractivity contribution in [2.75, 3.05) is 11.9 Å². The molecule has 1 amide bonds. The first kappa shape index (κ1) is 19.2. The van der Waals surface area contributed by atoms with Gasteiger partial charge < -0.3 is 10.2 Å². The molecule has 1 N–H and O–H groups in total. The van der Waals surface area contributed by atoms with E-state index in [9.17, 15) is 4.79 Å². The van der Waals surface area contributed by atoms with Gasteiger partial charge in [-0.15, -0.1) is 11.3 Å². The third-order valence-corrected chi connectivity index (χ3v) is 5.47. The van der Waals surface area contributed by atoms with Crippen LogP contribution in [0.25, 0.3) is 10.2 Å². The van der Waals surface area contributed by atoms with Crippen LogP contribution in [0.2, 0.25) is 0 Å². The Labute approximate surface area is 163 Å². The number of likely N-dealkylation sites (tertiary alicyclic amines) is 1. The second-order valence-corrected chi connectivity index (χ2v) is 7.20. The van der Waals surface area contributed by atoms with Crippen molar-refractivity contribution in [3.63, 3.8) is 0 Å². The largest absolute Gasteiger partial charge is 0.346 e. The molecule has 1 aliphatic heterocycles. The van der Waals surface area contributed by atoms with Crippen LogP contribution in [0.15, 0.2) is 35.8 Å². The third-order valence-electron chi connectivity index (χ3n) is 4.56. The molecule has 3 aromatic rings. The molecule has 3 aromatic heterocycles. The lowest BCUT2D eigenvalue weighted by atomic mass is 10.0. The summed E-state index contributed by atoms with van der Waals surface area (Å²) in [6.07, 6.45) is 2.81. The predicted molar refractivity (Wildman–Crippen MR) is 110 cm³/mol. The number of carbonyl (C=O) groups is 1. The number of amides is 1. The molecule has 0 spiro atoms. The fourth-order valence-electron chi connectivity index (χ4n) is 2.93. The molecule has 1 saturated heterocycles. The number of carbonyl (C=O) groups excluding carboxylic acids is 1. The van der Waals surface area contributed by atoms with Gasteiger partial charge in [0.2, 0.25) is 5.95 Å². The minimum atomic E-state index is -0.0526. The normalized spacial score (nSPS) is 16.9. The molecular formula is C20H25N5OS. The van der Waals surface area contributed by atoms with Gasteiger partial charge in [0, 0.05) is 18.8 Å². The van der Waals surface area contributed by atoms with Gasteiger partial charge in [0.05, 0.1) is 22.0 Å². The summed E-state index contributed by atoms with van der Waals surface area (Å²) in [6, 6.07) is 7.94. The quantitative estimate of drug-likeness (QED) is 0.717. The molecular weight excluding hydrogens is 358 g/mol. The van der Waals surface area contributed by atoms with Crippen LogP contribution in [-0.4, -0.2) is 38.3 Å². The van der Waals surface area contributed by atoms with E-state index in [1.807, 2.05) is 55.3 Å². The van der Waals surface area contributed by atoms with Crippen molar-refractivity contribution in [3.05, 3.63) is 47.2 Å². The van der Waals surface area contributed by atoms with E-state index in [0.29, 0.717) is 11.6 Å². The van der Waals surface area contributed by atoms with Gasteiger partial charge in [-0.05, 0) is 43.8 Å². The molecule has 1 aliphatic rings. The Bertz CT molecular complexity index is 911. The van der Waals surface area contributed by atoms with E-state index in [1.54, 1.807) is 6.20 Å². The van der Waals surface area contributed by atoms with Crippen molar-refractivity contribution < 1.29 is 4.79 Å². The standard InChI is InChI=1S/C18H19N5OS.C2H6/c1-11-6-9-23(11)17(24)15-16-14(7-10-25-16)21-18(22-15)20-12(2)13-5-3-4-8-19-13;1-2/h3-5,7-8,10-12H,6,9H2,1-2H3,(H,20,21,22);1-2H3/t11?,12-;/m0./s1. The molecule has 27 heavy (non-hydrogen) atoms. The van der Waals surface area contributed by atoms with Crippen LogP contribution < -0.4 is 5.32 Å². The van der Waals surface area contributed by atoms with E-state index < -0.39 is 0 Å². The Morgan fingerprint density at radius 1 is 1.30 bits per heavy atom. The average Bonchev–Trinajstić information content (AvgIpc) is 3.16. The highest BCUT2D eigenvalue weighted by atomic mass is 32.1. The van der Waals surface area contributed by atoms with E-state index in [0.717, 1.165) is 28.9 Å². The lowest BCUT2D eigenvalue weighted by molar-refractivity contribution is 0.0498. The summed E-state index contributed by atoms with van der Waals surface area (Å²) >= 11 is 1.51. The van der Waals surface area contributed by atoms with Crippen LogP contribution in [0.4, 0.5) is 5.95 Å². The lowest BCUT2D eigenvalue weighted by Gasteiger charge is -2.38. The number of pyridine rings is 1. The molecule has 142 valence electrons. The van der Waals surface area contributed by atoms with Gasteiger partial charge in [-0.1, -0.05) is 19.9 Å². The molecule has 0 aliphatic carbocycles. The zero-order chi connectivity index (χ0) is 19.4. The second kappa shape index (κ2) is 8.43. The van der Waals surface area contributed by atoms with Crippen LogP contribution in [0.1, 0.15) is 56.3 Å². The summed E-state index contributed by atoms with van der Waals surface area (Å²) in [4.78, 5) is 28.2. The molecule has 6 nitrogen and oxygen atoms in total. The Morgan fingerprint density at radius 3 is 2.74 bits per heavy atom. The minimum absolute atomic E-state index is 0.0119. The Morgan fingerprint density at radius 2 is 2.11 bits per heavy atom. The summed E-state index contributed by atoms with van der Waals surface area (Å²) in [5.74, 6) is 0.447. The number of nitrogens with one attached hydrogen (secondary N) is 1. The van der Waals surface area contributed by atoms with E-state index in [-0.39, 0.29) is 18.0 Å². The van der Waals surface area contributed by atoms with Gasteiger partial charge in [0.15, 0.2) is 5.69 Å². The number of anilines is 1. The van der Waals surface area contributed by atoms with Crippen LogP contribution in [0.5, 0.6) is 0 Å². The molecule has 4 heterocycles. The van der Waals surface area contributed by atoms with Crippen molar-refractivity contribution >= 4 is 33.4 Å². The molecule has 1 fully saturated rings. The smallest absolute Gasteiger partial charge is 0.274 e. The maximum absolute atomic E-state index is 12.9. The molecule has 7 heteroatoms. The van der Waals surface area contributed by atoms with E-state index in [4.69, 9.17) is 0 Å². The van der Waals surface area contributed by atoms with E-state index in [1.165, 1.54) is 11.3 Å². The highest BCUT2D eigenvalue weighted by Crippen LogP contribution is 2.28. The maximum Gasteiger partial charge on any atom is 0.274 e. The summed E-state index contributed by atoms with van der Waals surface area (Å²) < 4.78 is 0.847. The Balaban J connectivity index is 0.00000102. The van der Waals surface area contributed by atoms with Gasteiger partial charge in [0.1, 0.15) is 0 Å². The maximum atomic E-state index is 12.9. The molecule has 4 rings (SSSR count). The van der Waals surface area contributed by atoms with Gasteiger partial charge in [-0.3, -0.25) is 9.78 Å². The number of rotatable bonds is 4. The minimum Gasteiger partial charge on any atom is -0.346 e. The number of hydrogen-bond acceptors (Lipinski definition) is 6. The fourth-order valence-corrected chi connectivity index (χ4v) is 3.74. The summed E-state index contributed by atoms with van der Waals surface area (Å²) in [5.41, 5.74) is 2.19. The molecule has 0 aromatic carbocycles. The topological polar surface area (TPSA) is 71.0 Å². The Hall–Kier alpha value is -2.54. The number of fused-ring (bicyclic) bond motifs is 1. The van der Waals surface area contributed by atoms with Gasteiger partial charge in [-0.2, -0.15) is 0 Å². The molecule has 2 atom stereocenters. The predicted octanol–water partition coefficient (Wildman–Crippen LogP) is 4.52. The SMILES string of the molecule is CC.CC1CCN1C(=O)c1nc(N[C@@H](C)c2ccccn2)nc2ccsc12. The molecule has 1 unspecified atom stereocenters.